The highest BCUT2D eigenvalue weighted by Crippen LogP contribution is 2.29. The van der Waals surface area contributed by atoms with E-state index < -0.39 is 4.92 Å². The lowest BCUT2D eigenvalue weighted by Crippen LogP contribution is -2.11. The molecule has 0 fully saturated rings. The third-order valence-corrected chi connectivity index (χ3v) is 4.85. The van der Waals surface area contributed by atoms with Crippen LogP contribution in [-0.2, 0) is 0 Å². The first-order valence-corrected chi connectivity index (χ1v) is 8.61. The summed E-state index contributed by atoms with van der Waals surface area (Å²) in [5, 5.41) is 13.9. The predicted octanol–water partition coefficient (Wildman–Crippen LogP) is 4.18. The highest BCUT2D eigenvalue weighted by molar-refractivity contribution is 7.98. The van der Waals surface area contributed by atoms with Gasteiger partial charge in [0.05, 0.1) is 15.1 Å². The monoisotopic (exact) mass is 345 g/mol. The molecule has 116 valence electrons. The fourth-order valence-electron chi connectivity index (χ4n) is 1.99. The van der Waals surface area contributed by atoms with Gasteiger partial charge in [0.1, 0.15) is 0 Å². The SMILES string of the molecule is CSc1ccc(C(=O)Nc2nc3cc([N+](=O)[O-])ccc3s2)cc1. The Morgan fingerprint density at radius 2 is 2.00 bits per heavy atom. The Hall–Kier alpha value is -2.45. The topological polar surface area (TPSA) is 85.1 Å². The molecule has 0 bridgehead atoms. The van der Waals surface area contributed by atoms with Gasteiger partial charge in [0.25, 0.3) is 11.6 Å². The van der Waals surface area contributed by atoms with Crippen molar-refractivity contribution in [3.05, 3.63) is 58.1 Å². The molecular formula is C15H11N3O3S2. The molecule has 23 heavy (non-hydrogen) atoms. The van der Waals surface area contributed by atoms with Gasteiger partial charge in [0.2, 0.25) is 0 Å². The predicted molar refractivity (Wildman–Crippen MR) is 92.5 cm³/mol. The summed E-state index contributed by atoms with van der Waals surface area (Å²) in [5.74, 6) is -0.258. The average molecular weight is 345 g/mol. The largest absolute Gasteiger partial charge is 0.298 e. The molecule has 0 atom stereocenters. The minimum absolute atomic E-state index is 0.0201. The molecule has 0 saturated carbocycles. The molecule has 0 spiro atoms. The number of amides is 1. The number of hydrogen-bond acceptors (Lipinski definition) is 6. The van der Waals surface area contributed by atoms with Crippen LogP contribution in [0, 0.1) is 10.1 Å². The van der Waals surface area contributed by atoms with Gasteiger partial charge < -0.3 is 0 Å². The van der Waals surface area contributed by atoms with Crippen molar-refractivity contribution >= 4 is 50.0 Å². The van der Waals surface area contributed by atoms with Crippen molar-refractivity contribution in [1.82, 2.24) is 4.98 Å². The van der Waals surface area contributed by atoms with Crippen molar-refractivity contribution < 1.29 is 9.72 Å². The summed E-state index contributed by atoms with van der Waals surface area (Å²) in [5.41, 5.74) is 1.01. The second-order valence-electron chi connectivity index (χ2n) is 4.61. The number of hydrogen-bond donors (Lipinski definition) is 1. The lowest BCUT2D eigenvalue weighted by Gasteiger charge is -2.02. The zero-order valence-corrected chi connectivity index (χ0v) is 13.6. The summed E-state index contributed by atoms with van der Waals surface area (Å²) in [6.07, 6.45) is 1.97. The van der Waals surface area contributed by atoms with E-state index in [1.54, 1.807) is 30.0 Å². The molecule has 0 radical (unpaired) electrons. The van der Waals surface area contributed by atoms with Gasteiger partial charge >= 0.3 is 0 Å². The number of thioether (sulfide) groups is 1. The van der Waals surface area contributed by atoms with Gasteiger partial charge in [-0.25, -0.2) is 4.98 Å². The van der Waals surface area contributed by atoms with Gasteiger partial charge in [0, 0.05) is 22.6 Å². The number of nitrogens with zero attached hydrogens (tertiary/aromatic N) is 2. The van der Waals surface area contributed by atoms with E-state index in [-0.39, 0.29) is 11.6 Å². The minimum atomic E-state index is -0.468. The van der Waals surface area contributed by atoms with E-state index in [9.17, 15) is 14.9 Å². The Labute approximate surface area is 139 Å². The summed E-state index contributed by atoms with van der Waals surface area (Å²) >= 11 is 2.88. The quantitative estimate of drug-likeness (QED) is 0.435. The number of anilines is 1. The number of nitro groups is 1. The van der Waals surface area contributed by atoms with Gasteiger partial charge in [-0.3, -0.25) is 20.2 Å². The fraction of sp³-hybridized carbons (Fsp3) is 0.0667. The van der Waals surface area contributed by atoms with Crippen LogP contribution < -0.4 is 5.32 Å². The third-order valence-electron chi connectivity index (χ3n) is 3.15. The second kappa shape index (κ2) is 6.35. The number of aromatic nitrogens is 1. The van der Waals surface area contributed by atoms with Gasteiger partial charge in [-0.2, -0.15) is 0 Å². The van der Waals surface area contributed by atoms with Gasteiger partial charge in [-0.05, 0) is 36.6 Å². The molecule has 0 aliphatic carbocycles. The zero-order valence-electron chi connectivity index (χ0n) is 12.0. The maximum atomic E-state index is 12.2. The van der Waals surface area contributed by atoms with E-state index in [1.807, 2.05) is 18.4 Å². The standard InChI is InChI=1S/C15H11N3O3S2/c1-22-11-5-2-9(3-6-11)14(19)17-15-16-12-8-10(18(20)21)4-7-13(12)23-15/h2-8H,1H3,(H,16,17,19). The van der Waals surface area contributed by atoms with Crippen molar-refractivity contribution in [2.75, 3.05) is 11.6 Å². The van der Waals surface area contributed by atoms with Crippen LogP contribution >= 0.6 is 23.1 Å². The van der Waals surface area contributed by atoms with Crippen LogP contribution in [0.5, 0.6) is 0 Å². The smallest absolute Gasteiger partial charge is 0.271 e. The minimum Gasteiger partial charge on any atom is -0.298 e. The lowest BCUT2D eigenvalue weighted by molar-refractivity contribution is -0.384. The molecule has 0 saturated heterocycles. The maximum absolute atomic E-state index is 12.2. The molecule has 8 heteroatoms. The summed E-state index contributed by atoms with van der Waals surface area (Å²) in [7, 11) is 0. The normalized spacial score (nSPS) is 10.7. The Morgan fingerprint density at radius 1 is 1.26 bits per heavy atom. The van der Waals surface area contributed by atoms with Gasteiger partial charge in [-0.15, -0.1) is 11.8 Å². The molecule has 2 aromatic carbocycles. The summed E-state index contributed by atoms with van der Waals surface area (Å²) in [6.45, 7) is 0. The molecule has 1 N–H and O–H groups in total. The van der Waals surface area contributed by atoms with Crippen LogP contribution in [0.3, 0.4) is 0 Å². The molecule has 0 unspecified atom stereocenters. The highest BCUT2D eigenvalue weighted by Gasteiger charge is 2.13. The Morgan fingerprint density at radius 3 is 2.65 bits per heavy atom. The van der Waals surface area contributed by atoms with Gasteiger partial charge in [0.15, 0.2) is 5.13 Å². The Balaban J connectivity index is 1.82. The number of nitro benzene ring substituents is 1. The summed E-state index contributed by atoms with van der Waals surface area (Å²) in [6, 6.07) is 11.7. The molecule has 0 aliphatic heterocycles. The highest BCUT2D eigenvalue weighted by atomic mass is 32.2. The van der Waals surface area contributed by atoms with E-state index >= 15 is 0 Å². The number of carbonyl (C=O) groups excluding carboxylic acids is 1. The molecule has 3 aromatic rings. The fourth-order valence-corrected chi connectivity index (χ4v) is 3.24. The Bertz CT molecular complexity index is 891. The zero-order chi connectivity index (χ0) is 16.4. The first-order valence-electron chi connectivity index (χ1n) is 6.57. The van der Waals surface area contributed by atoms with Crippen molar-refractivity contribution in [2.24, 2.45) is 0 Å². The van der Waals surface area contributed by atoms with Crippen LogP contribution in [0.4, 0.5) is 10.8 Å². The lowest BCUT2D eigenvalue weighted by atomic mass is 10.2. The molecule has 3 rings (SSSR count). The number of carbonyl (C=O) groups is 1. The molecular weight excluding hydrogens is 334 g/mol. The first-order chi connectivity index (χ1) is 11.1. The van der Waals surface area contributed by atoms with Crippen LogP contribution in [0.25, 0.3) is 10.2 Å². The number of benzene rings is 2. The molecule has 0 aliphatic rings. The Kier molecular flexibility index (Phi) is 4.26. The molecule has 6 nitrogen and oxygen atoms in total. The summed E-state index contributed by atoms with van der Waals surface area (Å²) < 4.78 is 0.781. The van der Waals surface area contributed by atoms with Crippen LogP contribution in [0.2, 0.25) is 0 Å². The van der Waals surface area contributed by atoms with Crippen molar-refractivity contribution in [3.63, 3.8) is 0 Å². The first kappa shape index (κ1) is 15.4. The number of fused-ring (bicyclic) bond motifs is 1. The molecule has 1 aromatic heterocycles. The molecule has 1 heterocycles. The average Bonchev–Trinajstić information content (AvgIpc) is 2.96. The number of nitrogens with one attached hydrogen (secondary N) is 1. The number of non-ortho nitro benzene ring substituents is 1. The van der Waals surface area contributed by atoms with E-state index in [0.717, 1.165) is 9.60 Å². The number of thiazole rings is 1. The molecule has 1 amide bonds. The maximum Gasteiger partial charge on any atom is 0.271 e. The van der Waals surface area contributed by atoms with Crippen LogP contribution in [0.1, 0.15) is 10.4 Å². The van der Waals surface area contributed by atoms with E-state index in [4.69, 9.17) is 0 Å². The van der Waals surface area contributed by atoms with Gasteiger partial charge in [-0.1, -0.05) is 11.3 Å². The van der Waals surface area contributed by atoms with Crippen LogP contribution in [0.15, 0.2) is 47.4 Å². The van der Waals surface area contributed by atoms with E-state index in [1.165, 1.54) is 23.5 Å². The van der Waals surface area contributed by atoms with Crippen molar-refractivity contribution in [3.8, 4) is 0 Å². The van der Waals surface area contributed by atoms with Crippen molar-refractivity contribution in [1.29, 1.82) is 0 Å². The van der Waals surface area contributed by atoms with E-state index in [2.05, 4.69) is 10.3 Å². The third kappa shape index (κ3) is 3.33. The summed E-state index contributed by atoms with van der Waals surface area (Å²) in [4.78, 5) is 27.8. The second-order valence-corrected chi connectivity index (χ2v) is 6.52. The van der Waals surface area contributed by atoms with Crippen LogP contribution in [-0.4, -0.2) is 22.1 Å². The van der Waals surface area contributed by atoms with Crippen molar-refractivity contribution in [2.45, 2.75) is 4.90 Å². The number of rotatable bonds is 4. The van der Waals surface area contributed by atoms with E-state index in [0.29, 0.717) is 16.2 Å².